The summed E-state index contributed by atoms with van der Waals surface area (Å²) >= 11 is 0. The zero-order valence-corrected chi connectivity index (χ0v) is 15.1. The number of rotatable bonds is 1. The van der Waals surface area contributed by atoms with Crippen molar-refractivity contribution >= 4 is 18.1 Å². The first-order valence-electron chi connectivity index (χ1n) is 9.08. The third kappa shape index (κ3) is 2.90. The molecule has 0 heterocycles. The van der Waals surface area contributed by atoms with Crippen LogP contribution in [0.2, 0.25) is 0 Å². The van der Waals surface area contributed by atoms with Gasteiger partial charge in [-0.1, -0.05) is 48.6 Å². The van der Waals surface area contributed by atoms with Gasteiger partial charge in [-0.05, 0) is 72.7 Å². The normalized spacial score (nSPS) is 18.1. The van der Waals surface area contributed by atoms with E-state index in [0.29, 0.717) is 0 Å². The van der Waals surface area contributed by atoms with Gasteiger partial charge in [0, 0.05) is 0 Å². The van der Waals surface area contributed by atoms with E-state index in [4.69, 9.17) is 4.74 Å². The van der Waals surface area contributed by atoms with E-state index in [-0.39, 0.29) is 11.9 Å². The molecule has 2 nitrogen and oxygen atoms in total. The van der Waals surface area contributed by atoms with Crippen molar-refractivity contribution in [2.45, 2.75) is 51.6 Å². The molecule has 1 atom stereocenters. The summed E-state index contributed by atoms with van der Waals surface area (Å²) < 4.78 is 5.67. The van der Waals surface area contributed by atoms with Gasteiger partial charge in [0.05, 0.1) is 5.92 Å². The second-order valence-electron chi connectivity index (χ2n) is 7.96. The molecule has 0 radical (unpaired) electrons. The number of carbonyl (C=O) groups excluding carboxylic acids is 1. The summed E-state index contributed by atoms with van der Waals surface area (Å²) in [5, 5.41) is 2.51. The van der Waals surface area contributed by atoms with Crippen LogP contribution in [0.25, 0.3) is 23.3 Å². The first-order valence-corrected chi connectivity index (χ1v) is 9.08. The topological polar surface area (TPSA) is 26.3 Å². The predicted molar refractivity (Wildman–Crippen MR) is 102 cm³/mol. The molecule has 0 amide bonds. The Hall–Kier alpha value is -2.35. The van der Waals surface area contributed by atoms with E-state index < -0.39 is 5.60 Å². The fourth-order valence-electron chi connectivity index (χ4n) is 3.98. The van der Waals surface area contributed by atoms with Gasteiger partial charge < -0.3 is 4.74 Å². The number of hydrogen-bond donors (Lipinski definition) is 0. The van der Waals surface area contributed by atoms with Gasteiger partial charge in [-0.25, -0.2) is 0 Å². The van der Waals surface area contributed by atoms with Crippen LogP contribution in [0.1, 0.15) is 50.7 Å². The lowest BCUT2D eigenvalue weighted by Gasteiger charge is -2.27. The Balaban J connectivity index is 1.82. The van der Waals surface area contributed by atoms with E-state index in [2.05, 4.69) is 48.6 Å². The number of fused-ring (bicyclic) bond motifs is 5. The average molecular weight is 332 g/mol. The highest BCUT2D eigenvalue weighted by Gasteiger charge is 2.29. The molecule has 2 aliphatic rings. The molecule has 0 bridgehead atoms. The summed E-state index contributed by atoms with van der Waals surface area (Å²) in [7, 11) is 0. The average Bonchev–Trinajstić information content (AvgIpc) is 2.59. The molecule has 0 aliphatic heterocycles. The Morgan fingerprint density at radius 3 is 2.60 bits per heavy atom. The number of benzene rings is 2. The van der Waals surface area contributed by atoms with Crippen LogP contribution in [0.5, 0.6) is 0 Å². The minimum atomic E-state index is -0.447. The van der Waals surface area contributed by atoms with E-state index >= 15 is 0 Å². The lowest BCUT2D eigenvalue weighted by atomic mass is 9.82. The van der Waals surface area contributed by atoms with E-state index in [9.17, 15) is 4.79 Å². The molecule has 0 aromatic heterocycles. The summed E-state index contributed by atoms with van der Waals surface area (Å²) in [6.45, 7) is 5.79. The Morgan fingerprint density at radius 1 is 1.00 bits per heavy atom. The molecule has 0 N–H and O–H groups in total. The summed E-state index contributed by atoms with van der Waals surface area (Å²) in [6, 6.07) is 12.9. The monoisotopic (exact) mass is 332 g/mol. The first kappa shape index (κ1) is 16.1. The molecule has 2 aromatic rings. The van der Waals surface area contributed by atoms with Crippen LogP contribution in [0.15, 0.2) is 36.4 Å². The quantitative estimate of drug-likeness (QED) is 0.745. The largest absolute Gasteiger partial charge is 0.459 e. The van der Waals surface area contributed by atoms with Crippen LogP contribution in [-0.4, -0.2) is 11.6 Å². The van der Waals surface area contributed by atoms with Crippen molar-refractivity contribution < 1.29 is 9.53 Å². The summed E-state index contributed by atoms with van der Waals surface area (Å²) in [4.78, 5) is 12.7. The molecule has 2 heteroatoms. The van der Waals surface area contributed by atoms with Gasteiger partial charge in [0.2, 0.25) is 0 Å². The van der Waals surface area contributed by atoms with Gasteiger partial charge in [0.25, 0.3) is 0 Å². The van der Waals surface area contributed by atoms with Crippen molar-refractivity contribution in [3.05, 3.63) is 58.0 Å². The van der Waals surface area contributed by atoms with Crippen molar-refractivity contribution in [3.8, 4) is 11.1 Å². The highest BCUT2D eigenvalue weighted by atomic mass is 16.6. The fourth-order valence-corrected chi connectivity index (χ4v) is 3.98. The zero-order valence-electron chi connectivity index (χ0n) is 15.1. The third-order valence-corrected chi connectivity index (χ3v) is 5.03. The summed E-state index contributed by atoms with van der Waals surface area (Å²) in [5.74, 6) is -0.256. The van der Waals surface area contributed by atoms with Gasteiger partial charge >= 0.3 is 5.97 Å². The molecule has 128 valence electrons. The summed E-state index contributed by atoms with van der Waals surface area (Å²) in [6.07, 6.45) is 7.30. The van der Waals surface area contributed by atoms with E-state index in [0.717, 1.165) is 24.8 Å². The maximum Gasteiger partial charge on any atom is 0.313 e. The lowest BCUT2D eigenvalue weighted by molar-refractivity contribution is -0.157. The standard InChI is InChI=1S/C23H24O2/c1-23(2,3)25-22(24)21-10-6-9-17-19-12-11-15-7-4-5-8-16(15)18(19)13-14-20(17)21/h4-5,7-9,12-14,21H,6,10-11H2,1-3H3. The van der Waals surface area contributed by atoms with Gasteiger partial charge in [0.15, 0.2) is 0 Å². The minimum Gasteiger partial charge on any atom is -0.459 e. The molecule has 0 saturated heterocycles. The van der Waals surface area contributed by atoms with Crippen LogP contribution in [0, 0.1) is 0 Å². The molecule has 4 rings (SSSR count). The molecule has 2 aliphatic carbocycles. The second kappa shape index (κ2) is 5.87. The van der Waals surface area contributed by atoms with Crippen molar-refractivity contribution in [2.75, 3.05) is 0 Å². The second-order valence-corrected chi connectivity index (χ2v) is 7.96. The SMILES string of the molecule is CC(C)(C)OC(=O)C1CCC=c2c1ccc1c2=CCc2ccccc2-1. The summed E-state index contributed by atoms with van der Waals surface area (Å²) in [5.41, 5.74) is 4.64. The fraction of sp³-hybridized carbons (Fsp3) is 0.348. The van der Waals surface area contributed by atoms with E-state index in [1.807, 2.05) is 20.8 Å². The Morgan fingerprint density at radius 2 is 1.80 bits per heavy atom. The van der Waals surface area contributed by atoms with Gasteiger partial charge in [-0.2, -0.15) is 0 Å². The van der Waals surface area contributed by atoms with Crippen molar-refractivity contribution in [3.63, 3.8) is 0 Å². The minimum absolute atomic E-state index is 0.0991. The van der Waals surface area contributed by atoms with Crippen molar-refractivity contribution in [1.29, 1.82) is 0 Å². The maximum atomic E-state index is 12.7. The molecule has 0 spiro atoms. The third-order valence-electron chi connectivity index (χ3n) is 5.03. The highest BCUT2D eigenvalue weighted by Crippen LogP contribution is 2.29. The molecular formula is C23H24O2. The van der Waals surface area contributed by atoms with Crippen LogP contribution in [0.3, 0.4) is 0 Å². The molecule has 0 saturated carbocycles. The Labute approximate surface area is 148 Å². The predicted octanol–water partition coefficient (Wildman–Crippen LogP) is 3.69. The Kier molecular flexibility index (Phi) is 3.79. The highest BCUT2D eigenvalue weighted by molar-refractivity contribution is 5.81. The maximum absolute atomic E-state index is 12.7. The zero-order chi connectivity index (χ0) is 17.6. The Bertz CT molecular complexity index is 961. The van der Waals surface area contributed by atoms with Crippen LogP contribution >= 0.6 is 0 Å². The van der Waals surface area contributed by atoms with Crippen molar-refractivity contribution in [1.82, 2.24) is 0 Å². The number of esters is 1. The molecular weight excluding hydrogens is 308 g/mol. The van der Waals surface area contributed by atoms with Crippen LogP contribution in [0.4, 0.5) is 0 Å². The van der Waals surface area contributed by atoms with Gasteiger partial charge in [-0.3, -0.25) is 4.79 Å². The number of carbonyl (C=O) groups is 1. The van der Waals surface area contributed by atoms with Crippen LogP contribution in [-0.2, 0) is 16.0 Å². The number of ether oxygens (including phenoxy) is 1. The molecule has 25 heavy (non-hydrogen) atoms. The molecule has 2 aromatic carbocycles. The molecule has 0 fully saturated rings. The first-order chi connectivity index (χ1) is 11.9. The van der Waals surface area contributed by atoms with Crippen molar-refractivity contribution in [2.24, 2.45) is 0 Å². The van der Waals surface area contributed by atoms with Gasteiger partial charge in [0.1, 0.15) is 5.60 Å². The smallest absolute Gasteiger partial charge is 0.313 e. The van der Waals surface area contributed by atoms with Gasteiger partial charge in [-0.15, -0.1) is 0 Å². The van der Waals surface area contributed by atoms with Crippen LogP contribution < -0.4 is 10.4 Å². The van der Waals surface area contributed by atoms with E-state index in [1.54, 1.807) is 0 Å². The lowest BCUT2D eigenvalue weighted by Crippen LogP contribution is -2.38. The number of hydrogen-bond acceptors (Lipinski definition) is 2. The van der Waals surface area contributed by atoms with E-state index in [1.165, 1.54) is 27.1 Å². The molecule has 1 unspecified atom stereocenters.